The minimum Gasteiger partial charge on any atom is -0.339 e. The second-order valence-corrected chi connectivity index (χ2v) is 8.92. The summed E-state index contributed by atoms with van der Waals surface area (Å²) >= 11 is 0. The number of hydrogen-bond acceptors (Lipinski definition) is 4. The summed E-state index contributed by atoms with van der Waals surface area (Å²) in [5, 5.41) is 1.05. The molecule has 5 nitrogen and oxygen atoms in total. The van der Waals surface area contributed by atoms with E-state index in [1.165, 1.54) is 38.1 Å². The molecular formula is C20H21N3O2S. The van der Waals surface area contributed by atoms with Gasteiger partial charge in [0.25, 0.3) is 0 Å². The van der Waals surface area contributed by atoms with Crippen molar-refractivity contribution in [2.24, 2.45) is 5.92 Å². The van der Waals surface area contributed by atoms with Gasteiger partial charge in [0, 0.05) is 35.3 Å². The van der Waals surface area contributed by atoms with Crippen LogP contribution in [0.1, 0.15) is 37.1 Å². The Hall–Kier alpha value is -2.47. The standard InChI is InChI=1S/C20H21N3O2S/c1-26(24,25)16-8-9-18(22-13-16)17(11-14-5-2-3-6-14)19-12-15-7-4-10-21-20(15)23-19/h4,7-14H,2-3,5-6H2,1H3,(H,21,23)/b17-11+. The normalized spacial score (nSPS) is 16.4. The molecule has 0 atom stereocenters. The monoisotopic (exact) mass is 367 g/mol. The van der Waals surface area contributed by atoms with Crippen molar-refractivity contribution in [2.45, 2.75) is 30.6 Å². The Morgan fingerprint density at radius 2 is 2.00 bits per heavy atom. The summed E-state index contributed by atoms with van der Waals surface area (Å²) in [5.41, 5.74) is 3.59. The number of allylic oxidation sites excluding steroid dienone is 1. The minimum absolute atomic E-state index is 0.236. The van der Waals surface area contributed by atoms with Gasteiger partial charge in [-0.2, -0.15) is 0 Å². The second kappa shape index (κ2) is 6.68. The number of nitrogens with zero attached hydrogens (tertiary/aromatic N) is 2. The third-order valence-corrected chi connectivity index (χ3v) is 6.02. The molecule has 1 fully saturated rings. The summed E-state index contributed by atoms with van der Waals surface area (Å²) in [7, 11) is -3.25. The molecule has 1 saturated carbocycles. The average molecular weight is 367 g/mol. The zero-order chi connectivity index (χ0) is 18.1. The molecule has 0 spiro atoms. The summed E-state index contributed by atoms with van der Waals surface area (Å²) in [6.07, 6.45) is 11.6. The summed E-state index contributed by atoms with van der Waals surface area (Å²) in [5.74, 6) is 0.528. The van der Waals surface area contributed by atoms with Crippen molar-refractivity contribution in [2.75, 3.05) is 6.26 Å². The van der Waals surface area contributed by atoms with Gasteiger partial charge in [0.15, 0.2) is 9.84 Å². The third-order valence-electron chi connectivity index (χ3n) is 4.92. The zero-order valence-electron chi connectivity index (χ0n) is 14.6. The summed E-state index contributed by atoms with van der Waals surface area (Å²) in [4.78, 5) is 12.4. The first-order valence-corrected chi connectivity index (χ1v) is 10.7. The fraction of sp³-hybridized carbons (Fsp3) is 0.300. The highest BCUT2D eigenvalue weighted by Gasteiger charge is 2.18. The van der Waals surface area contributed by atoms with E-state index in [2.05, 4.69) is 27.1 Å². The molecule has 26 heavy (non-hydrogen) atoms. The van der Waals surface area contributed by atoms with Crippen LogP contribution in [0.5, 0.6) is 0 Å². The van der Waals surface area contributed by atoms with Crippen LogP contribution in [0.25, 0.3) is 16.6 Å². The number of aromatic amines is 1. The molecule has 4 rings (SSSR count). The first-order chi connectivity index (χ1) is 12.5. The quantitative estimate of drug-likeness (QED) is 0.757. The van der Waals surface area contributed by atoms with Crippen LogP contribution in [0.3, 0.4) is 0 Å². The second-order valence-electron chi connectivity index (χ2n) is 6.90. The number of nitrogens with one attached hydrogen (secondary N) is 1. The molecule has 0 aliphatic heterocycles. The smallest absolute Gasteiger partial charge is 0.177 e. The van der Waals surface area contributed by atoms with Gasteiger partial charge in [0.1, 0.15) is 5.65 Å². The molecule has 0 amide bonds. The highest BCUT2D eigenvalue weighted by molar-refractivity contribution is 7.90. The molecule has 1 aliphatic rings. The van der Waals surface area contributed by atoms with Crippen LogP contribution in [0.4, 0.5) is 0 Å². The van der Waals surface area contributed by atoms with Gasteiger partial charge in [0.2, 0.25) is 0 Å². The van der Waals surface area contributed by atoms with Gasteiger partial charge < -0.3 is 4.98 Å². The van der Waals surface area contributed by atoms with Crippen LogP contribution in [0.2, 0.25) is 0 Å². The van der Waals surface area contributed by atoms with Gasteiger partial charge in [-0.25, -0.2) is 13.4 Å². The predicted octanol–water partition coefficient (Wildman–Crippen LogP) is 3.98. The number of aromatic nitrogens is 3. The van der Waals surface area contributed by atoms with Gasteiger partial charge in [-0.15, -0.1) is 0 Å². The van der Waals surface area contributed by atoms with Crippen molar-refractivity contribution >= 4 is 26.4 Å². The maximum atomic E-state index is 11.7. The van der Waals surface area contributed by atoms with Crippen molar-refractivity contribution in [1.29, 1.82) is 0 Å². The molecule has 3 aromatic rings. The molecule has 6 heteroatoms. The minimum atomic E-state index is -3.25. The summed E-state index contributed by atoms with van der Waals surface area (Å²) < 4.78 is 23.4. The van der Waals surface area contributed by atoms with Gasteiger partial charge in [-0.1, -0.05) is 18.9 Å². The number of fused-ring (bicyclic) bond motifs is 1. The zero-order valence-corrected chi connectivity index (χ0v) is 15.5. The summed E-state index contributed by atoms with van der Waals surface area (Å²) in [6.45, 7) is 0. The Bertz CT molecular complexity index is 1030. The molecule has 0 saturated heterocycles. The molecule has 0 radical (unpaired) electrons. The van der Waals surface area contributed by atoms with E-state index >= 15 is 0 Å². The number of pyridine rings is 2. The lowest BCUT2D eigenvalue weighted by atomic mass is 9.99. The summed E-state index contributed by atoms with van der Waals surface area (Å²) in [6, 6.07) is 9.43. The van der Waals surface area contributed by atoms with Crippen LogP contribution in [0.15, 0.2) is 53.7 Å². The van der Waals surface area contributed by atoms with Gasteiger partial charge in [-0.3, -0.25) is 4.98 Å². The maximum Gasteiger partial charge on any atom is 0.177 e. The Morgan fingerprint density at radius 3 is 2.65 bits per heavy atom. The highest BCUT2D eigenvalue weighted by atomic mass is 32.2. The molecule has 0 bridgehead atoms. The van der Waals surface area contributed by atoms with Crippen LogP contribution >= 0.6 is 0 Å². The lowest BCUT2D eigenvalue weighted by Gasteiger charge is -2.10. The fourth-order valence-electron chi connectivity index (χ4n) is 3.53. The highest BCUT2D eigenvalue weighted by Crippen LogP contribution is 2.32. The number of hydrogen-bond donors (Lipinski definition) is 1. The molecule has 3 heterocycles. The first-order valence-electron chi connectivity index (χ1n) is 8.83. The SMILES string of the molecule is CS(=O)(=O)c1ccc(/C(=C\C2CCCC2)c2cc3cccnc3[nH]2)nc1. The largest absolute Gasteiger partial charge is 0.339 e. The van der Waals surface area contributed by atoms with Gasteiger partial charge in [-0.05, 0) is 49.1 Å². The van der Waals surface area contributed by atoms with E-state index in [0.717, 1.165) is 28.0 Å². The Morgan fingerprint density at radius 1 is 1.19 bits per heavy atom. The van der Waals surface area contributed by atoms with E-state index in [0.29, 0.717) is 5.92 Å². The first kappa shape index (κ1) is 17.0. The number of rotatable bonds is 4. The molecule has 134 valence electrons. The molecular weight excluding hydrogens is 346 g/mol. The van der Waals surface area contributed by atoms with Crippen molar-refractivity contribution in [3.05, 3.63) is 60.2 Å². The Labute approximate surface area is 153 Å². The fourth-order valence-corrected chi connectivity index (χ4v) is 4.09. The lowest BCUT2D eigenvalue weighted by Crippen LogP contribution is -2.01. The number of sulfone groups is 1. The van der Waals surface area contributed by atoms with Gasteiger partial charge in [0.05, 0.1) is 10.6 Å². The van der Waals surface area contributed by atoms with E-state index in [1.807, 2.05) is 12.1 Å². The van der Waals surface area contributed by atoms with Gasteiger partial charge >= 0.3 is 0 Å². The van der Waals surface area contributed by atoms with E-state index in [9.17, 15) is 8.42 Å². The molecule has 0 aromatic carbocycles. The van der Waals surface area contributed by atoms with E-state index < -0.39 is 9.84 Å². The predicted molar refractivity (Wildman–Crippen MR) is 102 cm³/mol. The lowest BCUT2D eigenvalue weighted by molar-refractivity contribution is 0.601. The van der Waals surface area contributed by atoms with Crippen LogP contribution in [0, 0.1) is 5.92 Å². The van der Waals surface area contributed by atoms with E-state index in [-0.39, 0.29) is 4.90 Å². The van der Waals surface area contributed by atoms with Crippen LogP contribution in [-0.2, 0) is 9.84 Å². The average Bonchev–Trinajstić information content (AvgIpc) is 3.28. The van der Waals surface area contributed by atoms with E-state index in [1.54, 1.807) is 18.3 Å². The molecule has 1 N–H and O–H groups in total. The molecule has 3 aromatic heterocycles. The van der Waals surface area contributed by atoms with Crippen molar-refractivity contribution in [3.8, 4) is 0 Å². The maximum absolute atomic E-state index is 11.7. The third kappa shape index (κ3) is 3.42. The van der Waals surface area contributed by atoms with Crippen molar-refractivity contribution < 1.29 is 8.42 Å². The van der Waals surface area contributed by atoms with E-state index in [4.69, 9.17) is 0 Å². The number of H-pyrrole nitrogens is 1. The van der Waals surface area contributed by atoms with Crippen molar-refractivity contribution in [3.63, 3.8) is 0 Å². The Balaban J connectivity index is 1.80. The van der Waals surface area contributed by atoms with Crippen LogP contribution in [-0.4, -0.2) is 29.6 Å². The molecule has 0 unspecified atom stereocenters. The molecule has 1 aliphatic carbocycles. The van der Waals surface area contributed by atoms with Crippen LogP contribution < -0.4 is 0 Å². The Kier molecular flexibility index (Phi) is 4.36. The van der Waals surface area contributed by atoms with Crippen molar-refractivity contribution in [1.82, 2.24) is 15.0 Å². The topological polar surface area (TPSA) is 75.7 Å².